The van der Waals surface area contributed by atoms with Crippen molar-refractivity contribution in [3.05, 3.63) is 41.6 Å². The van der Waals surface area contributed by atoms with Gasteiger partial charge in [-0.25, -0.2) is 0 Å². The molecule has 4 nitrogen and oxygen atoms in total. The average molecular weight is 388 g/mol. The van der Waals surface area contributed by atoms with E-state index in [2.05, 4.69) is 45.7 Å². The van der Waals surface area contributed by atoms with E-state index in [4.69, 9.17) is 9.47 Å². The van der Waals surface area contributed by atoms with Gasteiger partial charge in [-0.1, -0.05) is 34.3 Å². The van der Waals surface area contributed by atoms with Crippen molar-refractivity contribution in [2.24, 2.45) is 5.41 Å². The minimum atomic E-state index is 0.130. The Morgan fingerprint density at radius 2 is 1.93 bits per heavy atom. The van der Waals surface area contributed by atoms with Gasteiger partial charge in [-0.15, -0.1) is 11.3 Å². The average Bonchev–Trinajstić information content (AvgIpc) is 3.01. The SMILES string of the molecule is C=C(CC(C)(C)C)Nc1sc(-c2cc(CC)c(OC)c(OC)c2)cc1C=O. The first-order chi connectivity index (χ1) is 12.7. The maximum atomic E-state index is 11.6. The zero-order valence-corrected chi connectivity index (χ0v) is 17.9. The fourth-order valence-electron chi connectivity index (χ4n) is 3.03. The molecule has 0 atom stereocenters. The molecule has 27 heavy (non-hydrogen) atoms. The molecule has 5 heteroatoms. The molecular weight excluding hydrogens is 358 g/mol. The smallest absolute Gasteiger partial charge is 0.163 e. The molecule has 146 valence electrons. The molecular formula is C22H29NO3S. The minimum absolute atomic E-state index is 0.130. The van der Waals surface area contributed by atoms with Gasteiger partial charge in [0.15, 0.2) is 17.8 Å². The number of hydrogen-bond acceptors (Lipinski definition) is 5. The molecule has 0 amide bonds. The molecule has 0 aliphatic rings. The molecule has 0 radical (unpaired) electrons. The lowest BCUT2D eigenvalue weighted by atomic mass is 9.91. The molecule has 1 aromatic heterocycles. The summed E-state index contributed by atoms with van der Waals surface area (Å²) in [6.07, 6.45) is 2.54. The van der Waals surface area contributed by atoms with E-state index < -0.39 is 0 Å². The summed E-state index contributed by atoms with van der Waals surface area (Å²) in [5.41, 5.74) is 3.75. The molecule has 0 saturated carbocycles. The second-order valence-corrected chi connectivity index (χ2v) is 8.76. The first kappa shape index (κ1) is 21.0. The van der Waals surface area contributed by atoms with E-state index in [9.17, 15) is 4.79 Å². The molecule has 0 saturated heterocycles. The van der Waals surface area contributed by atoms with Crippen molar-refractivity contribution >= 4 is 22.6 Å². The van der Waals surface area contributed by atoms with Gasteiger partial charge in [0.25, 0.3) is 0 Å². The molecule has 0 unspecified atom stereocenters. The number of anilines is 1. The highest BCUT2D eigenvalue weighted by Gasteiger charge is 2.17. The summed E-state index contributed by atoms with van der Waals surface area (Å²) in [4.78, 5) is 12.6. The van der Waals surface area contributed by atoms with Crippen molar-refractivity contribution in [2.75, 3.05) is 19.5 Å². The number of nitrogens with one attached hydrogen (secondary N) is 1. The topological polar surface area (TPSA) is 47.6 Å². The third kappa shape index (κ3) is 5.13. The summed E-state index contributed by atoms with van der Waals surface area (Å²) in [7, 11) is 3.28. The number of carbonyl (C=O) groups is 1. The van der Waals surface area contributed by atoms with E-state index in [1.165, 1.54) is 0 Å². The van der Waals surface area contributed by atoms with Crippen LogP contribution in [0.15, 0.2) is 30.5 Å². The van der Waals surface area contributed by atoms with Crippen LogP contribution in [0.4, 0.5) is 5.00 Å². The fraction of sp³-hybridized carbons (Fsp3) is 0.409. The first-order valence-electron chi connectivity index (χ1n) is 9.01. The third-order valence-electron chi connectivity index (χ3n) is 4.14. The Hall–Kier alpha value is -2.27. The van der Waals surface area contributed by atoms with Crippen LogP contribution in [0.1, 0.15) is 50.0 Å². The number of carbonyl (C=O) groups excluding carboxylic acids is 1. The van der Waals surface area contributed by atoms with Gasteiger partial charge in [0, 0.05) is 16.1 Å². The van der Waals surface area contributed by atoms with E-state index in [1.807, 2.05) is 12.1 Å². The van der Waals surface area contributed by atoms with E-state index in [1.54, 1.807) is 25.6 Å². The van der Waals surface area contributed by atoms with Crippen LogP contribution in [0.3, 0.4) is 0 Å². The molecule has 0 bridgehead atoms. The van der Waals surface area contributed by atoms with Crippen LogP contribution in [0.5, 0.6) is 11.5 Å². The number of aldehydes is 1. The number of thiophene rings is 1. The lowest BCUT2D eigenvalue weighted by Crippen LogP contribution is -2.10. The van der Waals surface area contributed by atoms with E-state index >= 15 is 0 Å². The maximum Gasteiger partial charge on any atom is 0.163 e. The largest absolute Gasteiger partial charge is 0.493 e. The van der Waals surface area contributed by atoms with E-state index in [-0.39, 0.29) is 5.41 Å². The zero-order chi connectivity index (χ0) is 20.2. The Labute approximate surface area is 166 Å². The monoisotopic (exact) mass is 387 g/mol. The molecule has 1 heterocycles. The highest BCUT2D eigenvalue weighted by atomic mass is 32.1. The summed E-state index contributed by atoms with van der Waals surface area (Å²) >= 11 is 1.54. The summed E-state index contributed by atoms with van der Waals surface area (Å²) < 4.78 is 11.0. The normalized spacial score (nSPS) is 11.2. The third-order valence-corrected chi connectivity index (χ3v) is 5.26. The zero-order valence-electron chi connectivity index (χ0n) is 17.1. The van der Waals surface area contributed by atoms with Gasteiger partial charge in [0.2, 0.25) is 0 Å². The Balaban J connectivity index is 2.42. The predicted molar refractivity (Wildman–Crippen MR) is 114 cm³/mol. The van der Waals surface area contributed by atoms with Crippen molar-refractivity contribution < 1.29 is 14.3 Å². The van der Waals surface area contributed by atoms with Crippen LogP contribution in [0, 0.1) is 5.41 Å². The van der Waals surface area contributed by atoms with Crippen molar-refractivity contribution in [2.45, 2.75) is 40.5 Å². The maximum absolute atomic E-state index is 11.6. The molecule has 1 aromatic carbocycles. The number of ether oxygens (including phenoxy) is 2. The second-order valence-electron chi connectivity index (χ2n) is 7.70. The first-order valence-corrected chi connectivity index (χ1v) is 9.83. The van der Waals surface area contributed by atoms with Gasteiger partial charge in [-0.2, -0.15) is 0 Å². The molecule has 0 fully saturated rings. The van der Waals surface area contributed by atoms with Crippen molar-refractivity contribution in [3.63, 3.8) is 0 Å². The predicted octanol–water partition coefficient (Wildman–Crippen LogP) is 6.17. The van der Waals surface area contributed by atoms with Gasteiger partial charge >= 0.3 is 0 Å². The van der Waals surface area contributed by atoms with Crippen molar-refractivity contribution in [1.82, 2.24) is 0 Å². The Bertz CT molecular complexity index is 806. The number of benzene rings is 1. The number of methoxy groups -OCH3 is 2. The Morgan fingerprint density at radius 3 is 2.44 bits per heavy atom. The van der Waals surface area contributed by atoms with Gasteiger partial charge in [-0.3, -0.25) is 4.79 Å². The fourth-order valence-corrected chi connectivity index (χ4v) is 4.09. The minimum Gasteiger partial charge on any atom is -0.493 e. The Kier molecular flexibility index (Phi) is 6.71. The van der Waals surface area contributed by atoms with Gasteiger partial charge in [0.05, 0.1) is 14.2 Å². The van der Waals surface area contributed by atoms with E-state index in [0.29, 0.717) is 11.3 Å². The second kappa shape index (κ2) is 8.61. The summed E-state index contributed by atoms with van der Waals surface area (Å²) in [6, 6.07) is 5.95. The quantitative estimate of drug-likeness (QED) is 0.550. The lowest BCUT2D eigenvalue weighted by Gasteiger charge is -2.20. The van der Waals surface area contributed by atoms with Crippen LogP contribution in [-0.4, -0.2) is 20.5 Å². The standard InChI is InChI=1S/C22H29NO3S/c1-8-15-9-16(10-18(25-6)20(15)26-7)19-11-17(13-24)21(27-19)23-14(2)12-22(3,4)5/h9-11,13,23H,2,8,12H2,1,3-7H3. The molecule has 0 aliphatic carbocycles. The number of hydrogen-bond donors (Lipinski definition) is 1. The number of rotatable bonds is 8. The highest BCUT2D eigenvalue weighted by molar-refractivity contribution is 7.19. The molecule has 0 aliphatic heterocycles. The summed E-state index contributed by atoms with van der Waals surface area (Å²) in [5, 5.41) is 4.15. The van der Waals surface area contributed by atoms with Crippen LogP contribution in [0.2, 0.25) is 0 Å². The molecule has 2 rings (SSSR count). The summed E-state index contributed by atoms with van der Waals surface area (Å²) in [5.74, 6) is 1.45. The molecule has 0 spiro atoms. The van der Waals surface area contributed by atoms with E-state index in [0.717, 1.165) is 51.6 Å². The number of aryl methyl sites for hydroxylation is 1. The van der Waals surface area contributed by atoms with Crippen LogP contribution >= 0.6 is 11.3 Å². The van der Waals surface area contributed by atoms with Crippen LogP contribution in [0.25, 0.3) is 10.4 Å². The molecule has 2 aromatic rings. The van der Waals surface area contributed by atoms with Gasteiger partial charge in [-0.05, 0) is 47.6 Å². The molecule has 1 N–H and O–H groups in total. The Morgan fingerprint density at radius 1 is 1.22 bits per heavy atom. The van der Waals surface area contributed by atoms with Crippen molar-refractivity contribution in [3.8, 4) is 21.9 Å². The summed E-state index contributed by atoms with van der Waals surface area (Å²) in [6.45, 7) is 12.7. The van der Waals surface area contributed by atoms with Gasteiger partial charge in [0.1, 0.15) is 5.00 Å². The van der Waals surface area contributed by atoms with Crippen LogP contribution in [-0.2, 0) is 6.42 Å². The van der Waals surface area contributed by atoms with Gasteiger partial charge < -0.3 is 14.8 Å². The highest BCUT2D eigenvalue weighted by Crippen LogP contribution is 2.41. The lowest BCUT2D eigenvalue weighted by molar-refractivity contribution is 0.112. The van der Waals surface area contributed by atoms with Crippen molar-refractivity contribution in [1.29, 1.82) is 0 Å². The van der Waals surface area contributed by atoms with Crippen LogP contribution < -0.4 is 14.8 Å². The number of allylic oxidation sites excluding steroid dienone is 1.